The highest BCUT2D eigenvalue weighted by Gasteiger charge is 2.32. The number of imidazole rings is 1. The Balaban J connectivity index is 2.10. The van der Waals surface area contributed by atoms with Crippen molar-refractivity contribution in [2.75, 3.05) is 0 Å². The van der Waals surface area contributed by atoms with Gasteiger partial charge in [0.15, 0.2) is 0 Å². The maximum absolute atomic E-state index is 14.5. The summed E-state index contributed by atoms with van der Waals surface area (Å²) in [5, 5.41) is 0. The zero-order valence-corrected chi connectivity index (χ0v) is 10.2. The van der Waals surface area contributed by atoms with E-state index in [2.05, 4.69) is 18.8 Å². The number of hydrogen-bond donors (Lipinski definition) is 0. The molecule has 2 rings (SSSR count). The van der Waals surface area contributed by atoms with E-state index in [9.17, 15) is 4.39 Å². The molecule has 90 valence electrons. The van der Waals surface area contributed by atoms with Crippen LogP contribution in [0.5, 0.6) is 0 Å². The van der Waals surface area contributed by atoms with E-state index in [-0.39, 0.29) is 0 Å². The van der Waals surface area contributed by atoms with Gasteiger partial charge in [-0.2, -0.15) is 0 Å². The molecule has 3 heteroatoms. The molecule has 0 unspecified atom stereocenters. The average Bonchev–Trinajstić information content (AvgIpc) is 2.66. The highest BCUT2D eigenvalue weighted by molar-refractivity contribution is 4.99. The quantitative estimate of drug-likeness (QED) is 0.765. The summed E-state index contributed by atoms with van der Waals surface area (Å²) in [6.07, 6.45) is 8.36. The van der Waals surface area contributed by atoms with Crippen LogP contribution in [-0.4, -0.2) is 15.2 Å². The van der Waals surface area contributed by atoms with Crippen molar-refractivity contribution in [2.24, 2.45) is 0 Å². The third kappa shape index (κ3) is 2.45. The van der Waals surface area contributed by atoms with Crippen molar-refractivity contribution < 1.29 is 4.39 Å². The molecule has 0 radical (unpaired) electrons. The second kappa shape index (κ2) is 4.56. The van der Waals surface area contributed by atoms with Crippen molar-refractivity contribution in [2.45, 2.75) is 64.1 Å². The Morgan fingerprint density at radius 2 is 2.06 bits per heavy atom. The first-order chi connectivity index (χ1) is 7.61. The van der Waals surface area contributed by atoms with E-state index in [1.807, 2.05) is 10.8 Å². The minimum absolute atomic E-state index is 0.363. The predicted molar refractivity (Wildman–Crippen MR) is 63.2 cm³/mol. The van der Waals surface area contributed by atoms with Gasteiger partial charge in [0.2, 0.25) is 0 Å². The van der Waals surface area contributed by atoms with Crippen molar-refractivity contribution in [3.8, 4) is 0 Å². The molecule has 0 amide bonds. The molecule has 1 aliphatic carbocycles. The molecule has 0 bridgehead atoms. The molecule has 0 atom stereocenters. The first-order valence-electron chi connectivity index (χ1n) is 6.31. The van der Waals surface area contributed by atoms with Crippen molar-refractivity contribution in [3.63, 3.8) is 0 Å². The minimum Gasteiger partial charge on any atom is -0.332 e. The third-order valence-electron chi connectivity index (χ3n) is 3.47. The fraction of sp³-hybridized carbons (Fsp3) is 0.769. The molecule has 0 saturated heterocycles. The molecule has 1 saturated carbocycles. The number of aromatic nitrogens is 2. The number of nitrogens with zero attached hydrogens (tertiary/aromatic N) is 2. The van der Waals surface area contributed by atoms with E-state index in [0.29, 0.717) is 25.3 Å². The van der Waals surface area contributed by atoms with Crippen LogP contribution in [0.3, 0.4) is 0 Å². The number of halogens is 1. The average molecular weight is 224 g/mol. The molecule has 1 aromatic heterocycles. The summed E-state index contributed by atoms with van der Waals surface area (Å²) >= 11 is 0. The van der Waals surface area contributed by atoms with Gasteiger partial charge in [-0.3, -0.25) is 0 Å². The van der Waals surface area contributed by atoms with E-state index in [1.54, 1.807) is 6.20 Å². The monoisotopic (exact) mass is 224 g/mol. The molecule has 1 heterocycles. The van der Waals surface area contributed by atoms with Gasteiger partial charge < -0.3 is 4.57 Å². The van der Waals surface area contributed by atoms with Crippen LogP contribution in [0.15, 0.2) is 12.4 Å². The second-order valence-corrected chi connectivity index (χ2v) is 5.28. The fourth-order valence-electron chi connectivity index (χ4n) is 2.60. The molecule has 1 aliphatic rings. The third-order valence-corrected chi connectivity index (χ3v) is 3.47. The zero-order chi connectivity index (χ0) is 11.6. The van der Waals surface area contributed by atoms with Gasteiger partial charge in [0, 0.05) is 18.3 Å². The van der Waals surface area contributed by atoms with Gasteiger partial charge in [-0.1, -0.05) is 33.1 Å². The molecular formula is C13H21FN2. The van der Waals surface area contributed by atoms with E-state index in [4.69, 9.17) is 0 Å². The molecular weight excluding hydrogens is 203 g/mol. The smallest absolute Gasteiger partial charge is 0.128 e. The summed E-state index contributed by atoms with van der Waals surface area (Å²) in [6, 6.07) is 0. The van der Waals surface area contributed by atoms with Gasteiger partial charge in [-0.15, -0.1) is 0 Å². The Labute approximate surface area is 96.9 Å². The zero-order valence-electron chi connectivity index (χ0n) is 10.2. The molecule has 0 aliphatic heterocycles. The maximum Gasteiger partial charge on any atom is 0.128 e. The molecule has 2 nitrogen and oxygen atoms in total. The van der Waals surface area contributed by atoms with Crippen LogP contribution in [0.25, 0.3) is 0 Å². The standard InChI is InChI=1S/C13H21FN2/c1-11(2)12-15-8-9-16(12)10-13(14)6-4-3-5-7-13/h8-9,11H,3-7,10H2,1-2H3. The Morgan fingerprint density at radius 1 is 1.38 bits per heavy atom. The Morgan fingerprint density at radius 3 is 2.69 bits per heavy atom. The number of hydrogen-bond acceptors (Lipinski definition) is 1. The van der Waals surface area contributed by atoms with Crippen molar-refractivity contribution in [3.05, 3.63) is 18.2 Å². The van der Waals surface area contributed by atoms with Crippen molar-refractivity contribution in [1.29, 1.82) is 0 Å². The van der Waals surface area contributed by atoms with E-state index >= 15 is 0 Å². The van der Waals surface area contributed by atoms with Crippen LogP contribution < -0.4 is 0 Å². The summed E-state index contributed by atoms with van der Waals surface area (Å²) in [6.45, 7) is 4.69. The molecule has 1 aromatic rings. The maximum atomic E-state index is 14.5. The van der Waals surface area contributed by atoms with Crippen LogP contribution >= 0.6 is 0 Å². The Hall–Kier alpha value is -0.860. The van der Waals surface area contributed by atoms with Crippen LogP contribution in [0, 0.1) is 0 Å². The topological polar surface area (TPSA) is 17.8 Å². The Kier molecular flexibility index (Phi) is 3.31. The number of alkyl halides is 1. The van der Waals surface area contributed by atoms with E-state index in [1.165, 1.54) is 6.42 Å². The van der Waals surface area contributed by atoms with E-state index < -0.39 is 5.67 Å². The highest BCUT2D eigenvalue weighted by atomic mass is 19.1. The van der Waals surface area contributed by atoms with Gasteiger partial charge >= 0.3 is 0 Å². The van der Waals surface area contributed by atoms with Gasteiger partial charge in [-0.05, 0) is 12.8 Å². The lowest BCUT2D eigenvalue weighted by Gasteiger charge is -2.30. The van der Waals surface area contributed by atoms with Gasteiger partial charge in [0.05, 0.1) is 6.54 Å². The first-order valence-corrected chi connectivity index (χ1v) is 6.31. The van der Waals surface area contributed by atoms with Crippen LogP contribution in [0.4, 0.5) is 4.39 Å². The lowest BCUT2D eigenvalue weighted by molar-refractivity contribution is 0.0845. The normalized spacial score (nSPS) is 20.2. The summed E-state index contributed by atoms with van der Waals surface area (Å²) in [5.74, 6) is 1.37. The SMILES string of the molecule is CC(C)c1nccn1CC1(F)CCCCC1. The summed E-state index contributed by atoms with van der Waals surface area (Å²) in [5.41, 5.74) is -0.997. The minimum atomic E-state index is -0.997. The van der Waals surface area contributed by atoms with Crippen LogP contribution in [0.2, 0.25) is 0 Å². The first kappa shape index (κ1) is 11.6. The van der Waals surface area contributed by atoms with Gasteiger partial charge in [0.1, 0.15) is 11.5 Å². The van der Waals surface area contributed by atoms with Crippen molar-refractivity contribution >= 4 is 0 Å². The summed E-state index contributed by atoms with van der Waals surface area (Å²) in [4.78, 5) is 4.31. The van der Waals surface area contributed by atoms with E-state index in [0.717, 1.165) is 18.7 Å². The lowest BCUT2D eigenvalue weighted by Crippen LogP contribution is -2.32. The fourth-order valence-corrected chi connectivity index (χ4v) is 2.60. The Bertz CT molecular complexity index is 337. The highest BCUT2D eigenvalue weighted by Crippen LogP contribution is 2.33. The van der Waals surface area contributed by atoms with Crippen molar-refractivity contribution in [1.82, 2.24) is 9.55 Å². The number of rotatable bonds is 3. The van der Waals surface area contributed by atoms with Crippen LogP contribution in [0.1, 0.15) is 57.7 Å². The molecule has 0 aromatic carbocycles. The summed E-state index contributed by atoms with van der Waals surface area (Å²) in [7, 11) is 0. The van der Waals surface area contributed by atoms with Gasteiger partial charge in [0.25, 0.3) is 0 Å². The molecule has 16 heavy (non-hydrogen) atoms. The van der Waals surface area contributed by atoms with Gasteiger partial charge in [-0.25, -0.2) is 9.37 Å². The molecule has 1 fully saturated rings. The summed E-state index contributed by atoms with van der Waals surface area (Å²) < 4.78 is 16.5. The molecule has 0 spiro atoms. The van der Waals surface area contributed by atoms with Crippen LogP contribution in [-0.2, 0) is 6.54 Å². The largest absolute Gasteiger partial charge is 0.332 e. The second-order valence-electron chi connectivity index (χ2n) is 5.28. The molecule has 0 N–H and O–H groups in total. The predicted octanol–water partition coefficient (Wildman–Crippen LogP) is 3.68. The lowest BCUT2D eigenvalue weighted by atomic mass is 9.86.